The first kappa shape index (κ1) is 16.7. The van der Waals surface area contributed by atoms with Crippen LogP contribution >= 0.6 is 0 Å². The van der Waals surface area contributed by atoms with Gasteiger partial charge in [0.05, 0.1) is 4.90 Å². The van der Waals surface area contributed by atoms with Gasteiger partial charge in [-0.2, -0.15) is 0 Å². The van der Waals surface area contributed by atoms with E-state index in [-0.39, 0.29) is 10.9 Å². The predicted octanol–water partition coefficient (Wildman–Crippen LogP) is 2.57. The van der Waals surface area contributed by atoms with E-state index in [9.17, 15) is 8.42 Å². The second-order valence-corrected chi connectivity index (χ2v) is 7.07. The summed E-state index contributed by atoms with van der Waals surface area (Å²) in [4.78, 5) is 2.40. The van der Waals surface area contributed by atoms with Crippen molar-refractivity contribution < 1.29 is 8.42 Å². The molecule has 0 amide bonds. The van der Waals surface area contributed by atoms with E-state index in [4.69, 9.17) is 5.14 Å². The summed E-state index contributed by atoms with van der Waals surface area (Å²) < 4.78 is 22.5. The summed E-state index contributed by atoms with van der Waals surface area (Å²) in [5, 5.41) is 5.12. The van der Waals surface area contributed by atoms with Crippen LogP contribution in [0.25, 0.3) is 0 Å². The number of rotatable bonds is 6. The predicted molar refractivity (Wildman–Crippen MR) is 89.0 cm³/mol. The van der Waals surface area contributed by atoms with Crippen LogP contribution < -0.4 is 5.14 Å². The molecule has 0 spiro atoms. The van der Waals surface area contributed by atoms with Crippen molar-refractivity contribution in [3.63, 3.8) is 0 Å². The Balaban J connectivity index is 1.99. The number of likely N-dealkylation sites (N-methyl/N-ethyl adjacent to an activating group) is 1. The van der Waals surface area contributed by atoms with E-state index in [1.807, 2.05) is 30.3 Å². The standard InChI is InChI=1S/C17H22N2O2S/c1-14(16-8-10-17(11-9-16)22(18,20)21)19(2)13-12-15-6-4-3-5-7-15/h3-11,14H,12-13H2,1-2H3,(H2,18,20,21)/t14-/m1/s1. The van der Waals surface area contributed by atoms with Gasteiger partial charge >= 0.3 is 0 Å². The lowest BCUT2D eigenvalue weighted by atomic mass is 10.1. The number of primary sulfonamides is 1. The third-order valence-electron chi connectivity index (χ3n) is 3.95. The van der Waals surface area contributed by atoms with Gasteiger partial charge in [-0.3, -0.25) is 4.90 Å². The molecule has 4 nitrogen and oxygen atoms in total. The van der Waals surface area contributed by atoms with E-state index in [0.717, 1.165) is 18.5 Å². The molecule has 0 saturated carbocycles. The molecule has 0 aliphatic rings. The second kappa shape index (κ2) is 7.05. The number of nitrogens with two attached hydrogens (primary N) is 1. The van der Waals surface area contributed by atoms with Crippen molar-refractivity contribution >= 4 is 10.0 Å². The summed E-state index contributed by atoms with van der Waals surface area (Å²) in [6.45, 7) is 3.04. The summed E-state index contributed by atoms with van der Waals surface area (Å²) in [7, 11) is -1.55. The average molecular weight is 318 g/mol. The smallest absolute Gasteiger partial charge is 0.238 e. The highest BCUT2D eigenvalue weighted by Crippen LogP contribution is 2.20. The fourth-order valence-electron chi connectivity index (χ4n) is 2.33. The van der Waals surface area contributed by atoms with Crippen LogP contribution in [0.5, 0.6) is 0 Å². The molecule has 5 heteroatoms. The van der Waals surface area contributed by atoms with Gasteiger partial charge < -0.3 is 0 Å². The fourth-order valence-corrected chi connectivity index (χ4v) is 2.85. The maximum atomic E-state index is 11.3. The van der Waals surface area contributed by atoms with Gasteiger partial charge in [-0.15, -0.1) is 0 Å². The van der Waals surface area contributed by atoms with Crippen LogP contribution in [0, 0.1) is 0 Å². The zero-order valence-corrected chi connectivity index (χ0v) is 13.8. The molecule has 0 heterocycles. The normalized spacial score (nSPS) is 13.3. The molecule has 0 bridgehead atoms. The largest absolute Gasteiger partial charge is 0.299 e. The average Bonchev–Trinajstić information content (AvgIpc) is 2.52. The minimum atomic E-state index is -3.63. The molecular weight excluding hydrogens is 296 g/mol. The van der Waals surface area contributed by atoms with Crippen molar-refractivity contribution in [3.8, 4) is 0 Å². The lowest BCUT2D eigenvalue weighted by Gasteiger charge is -2.25. The minimum absolute atomic E-state index is 0.149. The zero-order chi connectivity index (χ0) is 16.2. The summed E-state index contributed by atoms with van der Waals surface area (Å²) in [6, 6.07) is 17.3. The van der Waals surface area contributed by atoms with Crippen LogP contribution in [-0.4, -0.2) is 26.9 Å². The van der Waals surface area contributed by atoms with Gasteiger partial charge in [-0.25, -0.2) is 13.6 Å². The third kappa shape index (κ3) is 4.40. The molecule has 1 atom stereocenters. The Labute approximate surface area is 132 Å². The van der Waals surface area contributed by atoms with E-state index >= 15 is 0 Å². The van der Waals surface area contributed by atoms with Gasteiger partial charge in [-0.05, 0) is 43.7 Å². The molecule has 0 fully saturated rings. The molecule has 0 radical (unpaired) electrons. The van der Waals surface area contributed by atoms with E-state index in [1.54, 1.807) is 12.1 Å². The van der Waals surface area contributed by atoms with Crippen LogP contribution in [0.1, 0.15) is 24.1 Å². The maximum Gasteiger partial charge on any atom is 0.238 e. The Morgan fingerprint density at radius 3 is 2.18 bits per heavy atom. The fraction of sp³-hybridized carbons (Fsp3) is 0.294. The summed E-state index contributed by atoms with van der Waals surface area (Å²) in [5.41, 5.74) is 2.38. The molecule has 0 saturated heterocycles. The van der Waals surface area contributed by atoms with Crippen LogP contribution in [0.2, 0.25) is 0 Å². The lowest BCUT2D eigenvalue weighted by molar-refractivity contribution is 0.265. The van der Waals surface area contributed by atoms with E-state index in [1.165, 1.54) is 5.56 Å². The van der Waals surface area contributed by atoms with E-state index in [0.29, 0.717) is 0 Å². The second-order valence-electron chi connectivity index (χ2n) is 5.51. The number of hydrogen-bond acceptors (Lipinski definition) is 3. The Bertz CT molecular complexity index is 697. The first-order chi connectivity index (χ1) is 10.4. The molecular formula is C17H22N2O2S. The number of sulfonamides is 1. The first-order valence-corrected chi connectivity index (χ1v) is 8.79. The van der Waals surface area contributed by atoms with Crippen molar-refractivity contribution in [2.24, 2.45) is 5.14 Å². The Hall–Kier alpha value is -1.69. The van der Waals surface area contributed by atoms with E-state index in [2.05, 4.69) is 31.0 Å². The van der Waals surface area contributed by atoms with Gasteiger partial charge in [0.25, 0.3) is 0 Å². The molecule has 118 valence electrons. The van der Waals surface area contributed by atoms with Gasteiger partial charge in [-0.1, -0.05) is 42.5 Å². The molecule has 0 aliphatic heterocycles. The van der Waals surface area contributed by atoms with Crippen LogP contribution in [-0.2, 0) is 16.4 Å². The Morgan fingerprint density at radius 1 is 1.05 bits per heavy atom. The highest BCUT2D eigenvalue weighted by Gasteiger charge is 2.13. The topological polar surface area (TPSA) is 63.4 Å². The van der Waals surface area contributed by atoms with E-state index < -0.39 is 10.0 Å². The summed E-state index contributed by atoms with van der Waals surface area (Å²) in [5.74, 6) is 0. The van der Waals surface area contributed by atoms with Crippen LogP contribution in [0.3, 0.4) is 0 Å². The maximum absolute atomic E-state index is 11.3. The highest BCUT2D eigenvalue weighted by molar-refractivity contribution is 7.89. The molecule has 0 unspecified atom stereocenters. The number of benzene rings is 2. The van der Waals surface area contributed by atoms with Gasteiger partial charge in [0.1, 0.15) is 0 Å². The van der Waals surface area contributed by atoms with Crippen molar-refractivity contribution in [1.29, 1.82) is 0 Å². The van der Waals surface area contributed by atoms with Crippen molar-refractivity contribution in [3.05, 3.63) is 65.7 Å². The van der Waals surface area contributed by atoms with Crippen molar-refractivity contribution in [2.45, 2.75) is 24.3 Å². The zero-order valence-electron chi connectivity index (χ0n) is 12.9. The molecule has 0 aliphatic carbocycles. The molecule has 2 N–H and O–H groups in total. The highest BCUT2D eigenvalue weighted by atomic mass is 32.2. The van der Waals surface area contributed by atoms with Crippen molar-refractivity contribution in [1.82, 2.24) is 4.90 Å². The molecule has 2 aromatic rings. The quantitative estimate of drug-likeness (QED) is 0.890. The van der Waals surface area contributed by atoms with Gasteiger partial charge in [0.2, 0.25) is 10.0 Å². The SMILES string of the molecule is C[C@H](c1ccc(S(N)(=O)=O)cc1)N(C)CCc1ccccc1. The third-order valence-corrected chi connectivity index (χ3v) is 4.88. The van der Waals surface area contributed by atoms with Crippen LogP contribution in [0.4, 0.5) is 0 Å². The first-order valence-electron chi connectivity index (χ1n) is 7.25. The van der Waals surface area contributed by atoms with Crippen molar-refractivity contribution in [2.75, 3.05) is 13.6 Å². The minimum Gasteiger partial charge on any atom is -0.299 e. The molecule has 22 heavy (non-hydrogen) atoms. The number of hydrogen-bond donors (Lipinski definition) is 1. The molecule has 2 aromatic carbocycles. The van der Waals surface area contributed by atoms with Gasteiger partial charge in [0, 0.05) is 12.6 Å². The van der Waals surface area contributed by atoms with Crippen LogP contribution in [0.15, 0.2) is 59.5 Å². The lowest BCUT2D eigenvalue weighted by Crippen LogP contribution is -2.25. The molecule has 0 aromatic heterocycles. The van der Waals surface area contributed by atoms with Gasteiger partial charge in [0.15, 0.2) is 0 Å². The molecule has 2 rings (SSSR count). The Morgan fingerprint density at radius 2 is 1.64 bits per heavy atom. The monoisotopic (exact) mass is 318 g/mol. The Kier molecular flexibility index (Phi) is 5.34. The number of nitrogens with zero attached hydrogens (tertiary/aromatic N) is 1. The summed E-state index contributed by atoms with van der Waals surface area (Å²) in [6.07, 6.45) is 0.983. The summed E-state index contributed by atoms with van der Waals surface area (Å²) >= 11 is 0.